The highest BCUT2D eigenvalue weighted by molar-refractivity contribution is 9.10. The van der Waals surface area contributed by atoms with E-state index in [9.17, 15) is 15.0 Å². The molecule has 2 aromatic carbocycles. The molecular weight excluding hydrogens is 334 g/mol. The van der Waals surface area contributed by atoms with Crippen molar-refractivity contribution in [2.75, 3.05) is 5.32 Å². The van der Waals surface area contributed by atoms with Gasteiger partial charge in [-0.1, -0.05) is 27.5 Å². The summed E-state index contributed by atoms with van der Waals surface area (Å²) in [6.07, 6.45) is 0. The summed E-state index contributed by atoms with van der Waals surface area (Å²) in [7, 11) is 0. The van der Waals surface area contributed by atoms with Crippen LogP contribution in [0.25, 0.3) is 0 Å². The van der Waals surface area contributed by atoms with E-state index in [0.29, 0.717) is 10.2 Å². The number of benzene rings is 2. The van der Waals surface area contributed by atoms with E-state index >= 15 is 0 Å². The molecule has 0 radical (unpaired) electrons. The third kappa shape index (κ3) is 3.19. The van der Waals surface area contributed by atoms with Gasteiger partial charge in [-0.15, -0.1) is 0 Å². The number of nitrogens with one attached hydrogen (secondary N) is 1. The molecule has 0 heterocycles. The maximum atomic E-state index is 12.0. The molecule has 0 saturated carbocycles. The van der Waals surface area contributed by atoms with Crippen molar-refractivity contribution in [2.24, 2.45) is 0 Å². The van der Waals surface area contributed by atoms with Crippen LogP contribution in [0.4, 0.5) is 5.69 Å². The molecule has 0 unspecified atom stereocenters. The number of carbonyl (C=O) groups is 1. The van der Waals surface area contributed by atoms with Gasteiger partial charge in [-0.2, -0.15) is 0 Å². The van der Waals surface area contributed by atoms with Crippen LogP contribution in [0.1, 0.15) is 10.4 Å². The van der Waals surface area contributed by atoms with Crippen LogP contribution in [0.3, 0.4) is 0 Å². The van der Waals surface area contributed by atoms with Crippen molar-refractivity contribution in [2.45, 2.75) is 0 Å². The molecule has 2 rings (SSSR count). The van der Waals surface area contributed by atoms with Crippen molar-refractivity contribution >= 4 is 39.1 Å². The normalized spacial score (nSPS) is 10.2. The Morgan fingerprint density at radius 1 is 1.11 bits per heavy atom. The van der Waals surface area contributed by atoms with Crippen LogP contribution in [0.2, 0.25) is 5.02 Å². The third-order valence-electron chi connectivity index (χ3n) is 2.41. The van der Waals surface area contributed by atoms with Gasteiger partial charge >= 0.3 is 0 Å². The van der Waals surface area contributed by atoms with Crippen LogP contribution in [0.15, 0.2) is 40.9 Å². The van der Waals surface area contributed by atoms with Gasteiger partial charge in [-0.3, -0.25) is 4.79 Å². The number of phenolic OH excluding ortho intramolecular Hbond substituents is 2. The van der Waals surface area contributed by atoms with E-state index in [1.807, 2.05) is 0 Å². The standard InChI is InChI=1S/C13H9BrClNO3/c14-7-1-3-11(17)9(5-7)13(19)16-8-2-4-12(18)10(15)6-8/h1-6,17-18H,(H,16,19). The zero-order valence-electron chi connectivity index (χ0n) is 9.52. The van der Waals surface area contributed by atoms with Crippen LogP contribution in [-0.4, -0.2) is 16.1 Å². The van der Waals surface area contributed by atoms with Crippen molar-refractivity contribution in [3.63, 3.8) is 0 Å². The molecular formula is C13H9BrClNO3. The Morgan fingerprint density at radius 2 is 1.79 bits per heavy atom. The Morgan fingerprint density at radius 3 is 2.47 bits per heavy atom. The molecule has 4 nitrogen and oxygen atoms in total. The number of rotatable bonds is 2. The highest BCUT2D eigenvalue weighted by Gasteiger charge is 2.12. The van der Waals surface area contributed by atoms with Crippen molar-refractivity contribution in [3.05, 3.63) is 51.5 Å². The maximum absolute atomic E-state index is 12.0. The summed E-state index contributed by atoms with van der Waals surface area (Å²) < 4.78 is 0.680. The molecule has 19 heavy (non-hydrogen) atoms. The number of anilines is 1. The van der Waals surface area contributed by atoms with Crippen molar-refractivity contribution in [1.82, 2.24) is 0 Å². The molecule has 0 saturated heterocycles. The van der Waals surface area contributed by atoms with E-state index in [0.717, 1.165) is 0 Å². The van der Waals surface area contributed by atoms with Gasteiger partial charge in [0.1, 0.15) is 11.5 Å². The molecule has 6 heteroatoms. The van der Waals surface area contributed by atoms with Gasteiger partial charge in [0, 0.05) is 10.2 Å². The molecule has 0 atom stereocenters. The Kier molecular flexibility index (Phi) is 3.97. The third-order valence-corrected chi connectivity index (χ3v) is 3.20. The summed E-state index contributed by atoms with van der Waals surface area (Å²) in [4.78, 5) is 12.0. The van der Waals surface area contributed by atoms with E-state index in [-0.39, 0.29) is 22.1 Å². The highest BCUT2D eigenvalue weighted by Crippen LogP contribution is 2.27. The van der Waals surface area contributed by atoms with Crippen molar-refractivity contribution < 1.29 is 15.0 Å². The summed E-state index contributed by atoms with van der Waals surface area (Å²) in [5, 5.41) is 21.6. The lowest BCUT2D eigenvalue weighted by Gasteiger charge is -2.08. The molecule has 0 aliphatic carbocycles. The molecule has 0 aromatic heterocycles. The van der Waals surface area contributed by atoms with E-state index in [4.69, 9.17) is 11.6 Å². The first-order valence-corrected chi connectivity index (χ1v) is 6.43. The van der Waals surface area contributed by atoms with Crippen LogP contribution in [-0.2, 0) is 0 Å². The Balaban J connectivity index is 2.25. The number of phenols is 2. The minimum Gasteiger partial charge on any atom is -0.507 e. The predicted octanol–water partition coefficient (Wildman–Crippen LogP) is 3.77. The number of hydrogen-bond acceptors (Lipinski definition) is 3. The van der Waals surface area contributed by atoms with Crippen LogP contribution in [0.5, 0.6) is 11.5 Å². The number of aromatic hydroxyl groups is 2. The van der Waals surface area contributed by atoms with E-state index in [1.54, 1.807) is 6.07 Å². The summed E-state index contributed by atoms with van der Waals surface area (Å²) in [5.41, 5.74) is 0.561. The Bertz CT molecular complexity index is 646. The summed E-state index contributed by atoms with van der Waals surface area (Å²) >= 11 is 8.97. The second-order valence-electron chi connectivity index (χ2n) is 3.78. The molecule has 0 aliphatic rings. The fourth-order valence-corrected chi connectivity index (χ4v) is 2.01. The number of amides is 1. The first-order valence-electron chi connectivity index (χ1n) is 5.26. The largest absolute Gasteiger partial charge is 0.507 e. The first-order chi connectivity index (χ1) is 8.97. The maximum Gasteiger partial charge on any atom is 0.259 e. The second-order valence-corrected chi connectivity index (χ2v) is 5.10. The number of halogens is 2. The van der Waals surface area contributed by atoms with Gasteiger partial charge in [0.15, 0.2) is 0 Å². The fourth-order valence-electron chi connectivity index (χ4n) is 1.47. The average Bonchev–Trinajstić information content (AvgIpc) is 2.36. The number of carbonyl (C=O) groups excluding carboxylic acids is 1. The molecule has 0 fully saturated rings. The van der Waals surface area contributed by atoms with E-state index in [1.165, 1.54) is 30.3 Å². The average molecular weight is 343 g/mol. The number of hydrogen-bond donors (Lipinski definition) is 3. The summed E-state index contributed by atoms with van der Waals surface area (Å²) in [6.45, 7) is 0. The predicted molar refractivity (Wildman–Crippen MR) is 76.9 cm³/mol. The summed E-state index contributed by atoms with van der Waals surface area (Å²) in [5.74, 6) is -0.656. The second kappa shape index (κ2) is 5.50. The Hall–Kier alpha value is -1.72. The van der Waals surface area contributed by atoms with Crippen LogP contribution < -0.4 is 5.32 Å². The quantitative estimate of drug-likeness (QED) is 0.728. The minimum absolute atomic E-state index is 0.0648. The zero-order valence-corrected chi connectivity index (χ0v) is 11.9. The van der Waals surface area contributed by atoms with Crippen molar-refractivity contribution in [3.8, 4) is 11.5 Å². The minimum atomic E-state index is -0.472. The lowest BCUT2D eigenvalue weighted by atomic mass is 10.2. The monoisotopic (exact) mass is 341 g/mol. The fraction of sp³-hybridized carbons (Fsp3) is 0. The molecule has 0 aliphatic heterocycles. The molecule has 98 valence electrons. The van der Waals surface area contributed by atoms with Crippen LogP contribution >= 0.6 is 27.5 Å². The highest BCUT2D eigenvalue weighted by atomic mass is 79.9. The lowest BCUT2D eigenvalue weighted by molar-refractivity contribution is 0.102. The van der Waals surface area contributed by atoms with Gasteiger partial charge in [-0.25, -0.2) is 0 Å². The molecule has 2 aromatic rings. The van der Waals surface area contributed by atoms with E-state index in [2.05, 4.69) is 21.2 Å². The smallest absolute Gasteiger partial charge is 0.259 e. The zero-order chi connectivity index (χ0) is 14.0. The van der Waals surface area contributed by atoms with Crippen LogP contribution in [0, 0.1) is 0 Å². The van der Waals surface area contributed by atoms with Crippen molar-refractivity contribution in [1.29, 1.82) is 0 Å². The van der Waals surface area contributed by atoms with Gasteiger partial charge in [-0.05, 0) is 36.4 Å². The van der Waals surface area contributed by atoms with Gasteiger partial charge in [0.05, 0.1) is 10.6 Å². The SMILES string of the molecule is O=C(Nc1ccc(O)c(Cl)c1)c1cc(Br)ccc1O. The lowest BCUT2D eigenvalue weighted by Crippen LogP contribution is -2.12. The first kappa shape index (κ1) is 13.7. The van der Waals surface area contributed by atoms with Gasteiger partial charge in [0.25, 0.3) is 5.91 Å². The van der Waals surface area contributed by atoms with Gasteiger partial charge in [0.2, 0.25) is 0 Å². The topological polar surface area (TPSA) is 69.6 Å². The molecule has 1 amide bonds. The molecule has 3 N–H and O–H groups in total. The molecule has 0 bridgehead atoms. The summed E-state index contributed by atoms with van der Waals surface area (Å²) in [6, 6.07) is 8.86. The van der Waals surface area contributed by atoms with E-state index < -0.39 is 5.91 Å². The van der Waals surface area contributed by atoms with Gasteiger partial charge < -0.3 is 15.5 Å². The molecule has 0 spiro atoms. The Labute approximate surface area is 122 Å².